The Hall–Kier alpha value is -3.36. The molecule has 0 atom stereocenters. The molecule has 0 spiro atoms. The van der Waals surface area contributed by atoms with Crippen molar-refractivity contribution in [3.8, 4) is 10.6 Å². The molecule has 1 fully saturated rings. The van der Waals surface area contributed by atoms with Crippen molar-refractivity contribution in [1.82, 2.24) is 20.0 Å². The van der Waals surface area contributed by atoms with Crippen LogP contribution in [0.15, 0.2) is 66.7 Å². The summed E-state index contributed by atoms with van der Waals surface area (Å²) < 4.78 is 0. The molecule has 2 amide bonds. The molecule has 0 saturated carbocycles. The van der Waals surface area contributed by atoms with E-state index in [2.05, 4.69) is 15.5 Å². The van der Waals surface area contributed by atoms with Gasteiger partial charge in [-0.15, -0.1) is 10.2 Å². The smallest absolute Gasteiger partial charge is 0.246 e. The lowest BCUT2D eigenvalue weighted by Gasteiger charge is -2.33. The number of benzene rings is 2. The fourth-order valence-corrected chi connectivity index (χ4v) is 4.06. The van der Waals surface area contributed by atoms with Crippen molar-refractivity contribution in [3.05, 3.63) is 72.3 Å². The van der Waals surface area contributed by atoms with Gasteiger partial charge in [0.1, 0.15) is 5.01 Å². The molecule has 8 heteroatoms. The lowest BCUT2D eigenvalue weighted by atomic mass is 10.2. The first kappa shape index (κ1) is 20.9. The lowest BCUT2D eigenvalue weighted by Crippen LogP contribution is -2.50. The Balaban J connectivity index is 1.23. The third kappa shape index (κ3) is 5.84. The molecule has 1 aliphatic rings. The van der Waals surface area contributed by atoms with Crippen molar-refractivity contribution >= 4 is 34.4 Å². The topological polar surface area (TPSA) is 78.4 Å². The first-order chi connectivity index (χ1) is 15.2. The number of carbonyl (C=O) groups excluding carboxylic acids is 2. The predicted molar refractivity (Wildman–Crippen MR) is 122 cm³/mol. The molecule has 2 aromatic carbocycles. The van der Waals surface area contributed by atoms with Gasteiger partial charge >= 0.3 is 0 Å². The highest BCUT2D eigenvalue weighted by Gasteiger charge is 2.21. The van der Waals surface area contributed by atoms with Gasteiger partial charge in [-0.3, -0.25) is 19.8 Å². The van der Waals surface area contributed by atoms with Crippen molar-refractivity contribution in [2.45, 2.75) is 0 Å². The standard InChI is InChI=1S/C23H23N5O2S/c29-20(24-23-26-25-22(31-23)19-9-5-2-6-10-19)17-27-13-15-28(16-14-27)21(30)12-11-18-7-3-1-4-8-18/h1-12H,13-17H2,(H,24,26,29). The van der Waals surface area contributed by atoms with Gasteiger partial charge in [0.25, 0.3) is 0 Å². The highest BCUT2D eigenvalue weighted by molar-refractivity contribution is 7.18. The molecule has 7 nitrogen and oxygen atoms in total. The van der Waals surface area contributed by atoms with Gasteiger partial charge < -0.3 is 4.90 Å². The SMILES string of the molecule is O=C(CN1CCN(C(=O)C=Cc2ccccc2)CC1)Nc1nnc(-c2ccccc2)s1. The number of aromatic nitrogens is 2. The Morgan fingerprint density at radius 2 is 1.61 bits per heavy atom. The van der Waals surface area contributed by atoms with Crippen LogP contribution in [0.3, 0.4) is 0 Å². The van der Waals surface area contributed by atoms with E-state index in [1.807, 2.05) is 76.5 Å². The third-order valence-electron chi connectivity index (χ3n) is 4.96. The molecule has 31 heavy (non-hydrogen) atoms. The first-order valence-corrected chi connectivity index (χ1v) is 10.9. The molecule has 2 heterocycles. The van der Waals surface area contributed by atoms with E-state index in [0.717, 1.165) is 16.1 Å². The number of carbonyl (C=O) groups is 2. The summed E-state index contributed by atoms with van der Waals surface area (Å²) >= 11 is 1.35. The Kier molecular flexibility index (Phi) is 6.81. The Morgan fingerprint density at radius 1 is 0.935 bits per heavy atom. The minimum atomic E-state index is -0.125. The zero-order valence-electron chi connectivity index (χ0n) is 17.0. The second-order valence-corrected chi connectivity index (χ2v) is 8.15. The molecule has 1 saturated heterocycles. The van der Waals surface area contributed by atoms with E-state index >= 15 is 0 Å². The van der Waals surface area contributed by atoms with Gasteiger partial charge in [-0.2, -0.15) is 0 Å². The summed E-state index contributed by atoms with van der Waals surface area (Å²) in [4.78, 5) is 28.6. The molecule has 4 rings (SSSR count). The first-order valence-electron chi connectivity index (χ1n) is 10.1. The van der Waals surface area contributed by atoms with E-state index in [1.54, 1.807) is 6.08 Å². The van der Waals surface area contributed by atoms with Gasteiger partial charge in [0, 0.05) is 37.8 Å². The summed E-state index contributed by atoms with van der Waals surface area (Å²) in [5, 5.41) is 12.3. The van der Waals surface area contributed by atoms with Crippen LogP contribution in [0.4, 0.5) is 5.13 Å². The molecule has 1 aromatic heterocycles. The quantitative estimate of drug-likeness (QED) is 0.605. The average molecular weight is 434 g/mol. The van der Waals surface area contributed by atoms with E-state index in [-0.39, 0.29) is 18.4 Å². The van der Waals surface area contributed by atoms with Crippen molar-refractivity contribution in [1.29, 1.82) is 0 Å². The van der Waals surface area contributed by atoms with E-state index in [4.69, 9.17) is 0 Å². The predicted octanol–water partition coefficient (Wildman–Crippen LogP) is 3.00. The number of rotatable bonds is 6. The van der Waals surface area contributed by atoms with E-state index in [0.29, 0.717) is 31.3 Å². The molecule has 3 aromatic rings. The molecular weight excluding hydrogens is 410 g/mol. The van der Waals surface area contributed by atoms with Crippen molar-refractivity contribution in [2.75, 3.05) is 38.0 Å². The summed E-state index contributed by atoms with van der Waals surface area (Å²) in [6.45, 7) is 2.78. The fourth-order valence-electron chi connectivity index (χ4n) is 3.30. The molecule has 1 aliphatic heterocycles. The molecule has 0 unspecified atom stereocenters. The number of anilines is 1. The van der Waals surface area contributed by atoms with Crippen LogP contribution in [-0.4, -0.2) is 64.5 Å². The minimum absolute atomic E-state index is 0.00439. The van der Waals surface area contributed by atoms with Gasteiger partial charge in [-0.05, 0) is 11.6 Å². The van der Waals surface area contributed by atoms with Crippen LogP contribution in [0.1, 0.15) is 5.56 Å². The summed E-state index contributed by atoms with van der Waals surface area (Å²) in [5.41, 5.74) is 1.97. The van der Waals surface area contributed by atoms with Crippen LogP contribution in [0.5, 0.6) is 0 Å². The largest absolute Gasteiger partial charge is 0.337 e. The maximum atomic E-state index is 12.4. The number of piperazine rings is 1. The maximum Gasteiger partial charge on any atom is 0.246 e. The third-order valence-corrected chi connectivity index (χ3v) is 5.85. The van der Waals surface area contributed by atoms with Gasteiger partial charge in [0.15, 0.2) is 0 Å². The van der Waals surface area contributed by atoms with Crippen LogP contribution in [0, 0.1) is 0 Å². The molecule has 1 N–H and O–H groups in total. The van der Waals surface area contributed by atoms with Crippen LogP contribution in [0.2, 0.25) is 0 Å². The lowest BCUT2D eigenvalue weighted by molar-refractivity contribution is -0.127. The molecule has 0 bridgehead atoms. The second kappa shape index (κ2) is 10.1. The molecule has 0 aliphatic carbocycles. The van der Waals surface area contributed by atoms with Gasteiger partial charge in [0.2, 0.25) is 16.9 Å². The highest BCUT2D eigenvalue weighted by atomic mass is 32.1. The zero-order valence-corrected chi connectivity index (χ0v) is 17.8. The van der Waals surface area contributed by atoms with E-state index in [9.17, 15) is 9.59 Å². The average Bonchev–Trinajstić information content (AvgIpc) is 3.27. The second-order valence-electron chi connectivity index (χ2n) is 7.17. The molecule has 0 radical (unpaired) electrons. The number of hydrogen-bond acceptors (Lipinski definition) is 6. The Labute approximate surface area is 185 Å². The number of nitrogens with one attached hydrogen (secondary N) is 1. The number of nitrogens with zero attached hydrogens (tertiary/aromatic N) is 4. The summed E-state index contributed by atoms with van der Waals surface area (Å²) in [7, 11) is 0. The van der Waals surface area contributed by atoms with E-state index < -0.39 is 0 Å². The van der Waals surface area contributed by atoms with Crippen LogP contribution >= 0.6 is 11.3 Å². The Morgan fingerprint density at radius 3 is 2.32 bits per heavy atom. The number of amides is 2. The van der Waals surface area contributed by atoms with E-state index in [1.165, 1.54) is 11.3 Å². The summed E-state index contributed by atoms with van der Waals surface area (Å²) in [6, 6.07) is 19.5. The maximum absolute atomic E-state index is 12.4. The molecule has 158 valence electrons. The van der Waals surface area contributed by atoms with Gasteiger partial charge in [-0.1, -0.05) is 72.0 Å². The van der Waals surface area contributed by atoms with Crippen molar-refractivity contribution < 1.29 is 9.59 Å². The van der Waals surface area contributed by atoms with Crippen LogP contribution < -0.4 is 5.32 Å². The number of hydrogen-bond donors (Lipinski definition) is 1. The molecular formula is C23H23N5O2S. The normalized spacial score (nSPS) is 14.6. The van der Waals surface area contributed by atoms with Crippen molar-refractivity contribution in [3.63, 3.8) is 0 Å². The van der Waals surface area contributed by atoms with Crippen LogP contribution in [-0.2, 0) is 9.59 Å². The van der Waals surface area contributed by atoms with Gasteiger partial charge in [-0.25, -0.2) is 0 Å². The summed E-state index contributed by atoms with van der Waals surface area (Å²) in [5.74, 6) is -0.130. The zero-order chi connectivity index (χ0) is 21.5. The monoisotopic (exact) mass is 433 g/mol. The minimum Gasteiger partial charge on any atom is -0.337 e. The summed E-state index contributed by atoms with van der Waals surface area (Å²) in [6.07, 6.45) is 3.44. The van der Waals surface area contributed by atoms with Crippen LogP contribution in [0.25, 0.3) is 16.6 Å². The Bertz CT molecular complexity index is 1040. The van der Waals surface area contributed by atoms with Crippen molar-refractivity contribution in [2.24, 2.45) is 0 Å². The highest BCUT2D eigenvalue weighted by Crippen LogP contribution is 2.25. The van der Waals surface area contributed by atoms with Gasteiger partial charge in [0.05, 0.1) is 6.54 Å². The fraction of sp³-hybridized carbons (Fsp3) is 0.217.